The lowest BCUT2D eigenvalue weighted by molar-refractivity contribution is 0.248. The Morgan fingerprint density at radius 3 is 2.07 bits per heavy atom. The van der Waals surface area contributed by atoms with Crippen molar-refractivity contribution in [3.8, 4) is 0 Å². The van der Waals surface area contributed by atoms with Crippen LogP contribution in [0.2, 0.25) is 0 Å². The van der Waals surface area contributed by atoms with Crippen molar-refractivity contribution >= 4 is 0 Å². The Bertz CT molecular complexity index is 269. The summed E-state index contributed by atoms with van der Waals surface area (Å²) in [4.78, 5) is 0. The summed E-state index contributed by atoms with van der Waals surface area (Å²) >= 11 is 0. The summed E-state index contributed by atoms with van der Waals surface area (Å²) in [6.45, 7) is 7.89. The predicted molar refractivity (Wildman–Crippen MR) is 57.8 cm³/mol. The maximum atomic E-state index is 12.6. The fourth-order valence-corrected chi connectivity index (χ4v) is 0.698. The average Bonchev–Trinajstić information content (AvgIpc) is 2.13. The van der Waals surface area contributed by atoms with Gasteiger partial charge >= 0.3 is 0 Å². The smallest absolute Gasteiger partial charge is 0.126 e. The van der Waals surface area contributed by atoms with Gasteiger partial charge in [0.25, 0.3) is 0 Å². The van der Waals surface area contributed by atoms with E-state index in [1.807, 2.05) is 26.8 Å². The van der Waals surface area contributed by atoms with E-state index in [4.69, 9.17) is 5.11 Å². The predicted octanol–water partition coefficient (Wildman–Crippen LogP) is 3.08. The number of aliphatic hydroxyl groups is 1. The summed E-state index contributed by atoms with van der Waals surface area (Å²) in [5.41, 5.74) is 1.68. The Morgan fingerprint density at radius 2 is 1.79 bits per heavy atom. The van der Waals surface area contributed by atoms with Crippen LogP contribution in [0.3, 0.4) is 0 Å². The monoisotopic (exact) mass is 198 g/mol. The lowest BCUT2D eigenvalue weighted by atomic mass is 10.2. The third-order valence-electron chi connectivity index (χ3n) is 1.69. The first-order chi connectivity index (χ1) is 6.47. The molecule has 1 nitrogen and oxygen atoms in total. The van der Waals surface area contributed by atoms with Gasteiger partial charge in [0, 0.05) is 6.61 Å². The summed E-state index contributed by atoms with van der Waals surface area (Å²) in [6, 6.07) is 5.22. The van der Waals surface area contributed by atoms with Crippen molar-refractivity contribution in [2.24, 2.45) is 5.92 Å². The number of aliphatic hydroxyl groups excluding tert-OH is 1. The van der Waals surface area contributed by atoms with Crippen molar-refractivity contribution in [3.63, 3.8) is 0 Å². The van der Waals surface area contributed by atoms with Gasteiger partial charge in [0.2, 0.25) is 0 Å². The van der Waals surface area contributed by atoms with Crippen LogP contribution in [0.1, 0.15) is 25.0 Å². The van der Waals surface area contributed by atoms with E-state index in [9.17, 15) is 4.39 Å². The SMILES string of the molecule is CC(C)CO.Cc1ccc(C)c(F)c1. The highest BCUT2D eigenvalue weighted by Gasteiger charge is 1.93. The molecule has 0 aliphatic heterocycles. The van der Waals surface area contributed by atoms with E-state index >= 15 is 0 Å². The molecule has 0 saturated carbocycles. The van der Waals surface area contributed by atoms with E-state index in [2.05, 4.69) is 0 Å². The number of hydrogen-bond acceptors (Lipinski definition) is 1. The number of aryl methyl sites for hydroxylation is 2. The Hall–Kier alpha value is -0.890. The van der Waals surface area contributed by atoms with Gasteiger partial charge in [-0.25, -0.2) is 4.39 Å². The normalized spacial score (nSPS) is 9.64. The first kappa shape index (κ1) is 13.1. The molecule has 0 spiro atoms. The average molecular weight is 198 g/mol. The molecule has 1 N–H and O–H groups in total. The fourth-order valence-electron chi connectivity index (χ4n) is 0.698. The highest BCUT2D eigenvalue weighted by Crippen LogP contribution is 2.06. The first-order valence-corrected chi connectivity index (χ1v) is 4.81. The summed E-state index contributed by atoms with van der Waals surface area (Å²) in [7, 11) is 0. The number of halogens is 1. The Kier molecular flexibility index (Phi) is 6.13. The molecule has 0 bridgehead atoms. The highest BCUT2D eigenvalue weighted by atomic mass is 19.1. The standard InChI is InChI=1S/C8H9F.C4H10O/c1-6-3-4-7(2)8(9)5-6;1-4(2)3-5/h3-5H,1-2H3;4-5H,3H2,1-2H3. The molecular weight excluding hydrogens is 179 g/mol. The number of benzene rings is 1. The third kappa shape index (κ3) is 5.70. The van der Waals surface area contributed by atoms with Crippen LogP contribution in [0.4, 0.5) is 4.39 Å². The zero-order valence-electron chi connectivity index (χ0n) is 9.34. The second kappa shape index (κ2) is 6.55. The molecule has 0 atom stereocenters. The molecule has 1 aromatic carbocycles. The molecule has 0 aromatic heterocycles. The highest BCUT2D eigenvalue weighted by molar-refractivity contribution is 5.21. The molecule has 1 aromatic rings. The molecule has 0 fully saturated rings. The van der Waals surface area contributed by atoms with E-state index in [-0.39, 0.29) is 5.82 Å². The van der Waals surface area contributed by atoms with Gasteiger partial charge in [-0.15, -0.1) is 0 Å². The van der Waals surface area contributed by atoms with Crippen molar-refractivity contribution in [3.05, 3.63) is 35.1 Å². The van der Waals surface area contributed by atoms with E-state index in [0.717, 1.165) is 5.56 Å². The molecule has 0 saturated heterocycles. The van der Waals surface area contributed by atoms with Crippen molar-refractivity contribution < 1.29 is 9.50 Å². The van der Waals surface area contributed by atoms with Crippen LogP contribution >= 0.6 is 0 Å². The van der Waals surface area contributed by atoms with Gasteiger partial charge in [-0.05, 0) is 37.0 Å². The van der Waals surface area contributed by atoms with Crippen LogP contribution in [-0.2, 0) is 0 Å². The van der Waals surface area contributed by atoms with Crippen LogP contribution < -0.4 is 0 Å². The topological polar surface area (TPSA) is 20.2 Å². The van der Waals surface area contributed by atoms with Gasteiger partial charge in [-0.1, -0.05) is 26.0 Å². The maximum Gasteiger partial charge on any atom is 0.126 e. The molecule has 1 rings (SSSR count). The molecule has 80 valence electrons. The molecule has 2 heteroatoms. The van der Waals surface area contributed by atoms with Crippen LogP contribution in [0.25, 0.3) is 0 Å². The maximum absolute atomic E-state index is 12.6. The molecule has 0 amide bonds. The zero-order chi connectivity index (χ0) is 11.1. The van der Waals surface area contributed by atoms with E-state index < -0.39 is 0 Å². The summed E-state index contributed by atoms with van der Waals surface area (Å²) in [5.74, 6) is 0.324. The van der Waals surface area contributed by atoms with Crippen molar-refractivity contribution in [2.45, 2.75) is 27.7 Å². The molecule has 0 unspecified atom stereocenters. The van der Waals surface area contributed by atoms with E-state index in [0.29, 0.717) is 18.1 Å². The minimum atomic E-state index is -0.116. The lowest BCUT2D eigenvalue weighted by Gasteiger charge is -1.94. The molecule has 0 heterocycles. The molecule has 0 aliphatic rings. The second-order valence-electron chi connectivity index (χ2n) is 3.83. The lowest BCUT2D eigenvalue weighted by Crippen LogP contribution is -1.90. The quantitative estimate of drug-likeness (QED) is 0.735. The van der Waals surface area contributed by atoms with Gasteiger partial charge in [0.1, 0.15) is 5.82 Å². The van der Waals surface area contributed by atoms with Gasteiger partial charge in [0.05, 0.1) is 0 Å². The second-order valence-corrected chi connectivity index (χ2v) is 3.83. The van der Waals surface area contributed by atoms with Crippen LogP contribution in [0.15, 0.2) is 18.2 Å². The summed E-state index contributed by atoms with van der Waals surface area (Å²) in [5, 5.41) is 8.14. The molecule has 0 aliphatic carbocycles. The fraction of sp³-hybridized carbons (Fsp3) is 0.500. The largest absolute Gasteiger partial charge is 0.396 e. The molecule has 14 heavy (non-hydrogen) atoms. The Labute approximate surface area is 85.6 Å². The van der Waals surface area contributed by atoms with Gasteiger partial charge in [-0.3, -0.25) is 0 Å². The summed E-state index contributed by atoms with van der Waals surface area (Å²) < 4.78 is 12.6. The van der Waals surface area contributed by atoms with Crippen LogP contribution in [-0.4, -0.2) is 11.7 Å². The van der Waals surface area contributed by atoms with Gasteiger partial charge in [-0.2, -0.15) is 0 Å². The van der Waals surface area contributed by atoms with Crippen molar-refractivity contribution in [1.29, 1.82) is 0 Å². The first-order valence-electron chi connectivity index (χ1n) is 4.81. The van der Waals surface area contributed by atoms with Crippen LogP contribution in [0.5, 0.6) is 0 Å². The number of rotatable bonds is 1. The third-order valence-corrected chi connectivity index (χ3v) is 1.69. The van der Waals surface area contributed by atoms with Gasteiger partial charge < -0.3 is 5.11 Å². The minimum absolute atomic E-state index is 0.116. The van der Waals surface area contributed by atoms with Crippen molar-refractivity contribution in [2.75, 3.05) is 6.61 Å². The molecular formula is C12H19FO. The Morgan fingerprint density at radius 1 is 1.29 bits per heavy atom. The van der Waals surface area contributed by atoms with E-state index in [1.54, 1.807) is 13.0 Å². The van der Waals surface area contributed by atoms with Crippen LogP contribution in [0, 0.1) is 25.6 Å². The minimum Gasteiger partial charge on any atom is -0.396 e. The van der Waals surface area contributed by atoms with Gasteiger partial charge in [0.15, 0.2) is 0 Å². The Balaban J connectivity index is 0.000000292. The summed E-state index contributed by atoms with van der Waals surface area (Å²) in [6.07, 6.45) is 0. The van der Waals surface area contributed by atoms with Crippen molar-refractivity contribution in [1.82, 2.24) is 0 Å². The molecule has 0 radical (unpaired) electrons. The van der Waals surface area contributed by atoms with E-state index in [1.165, 1.54) is 6.07 Å². The zero-order valence-corrected chi connectivity index (χ0v) is 9.34. The number of hydrogen-bond donors (Lipinski definition) is 1.